The van der Waals surface area contributed by atoms with E-state index in [0.717, 1.165) is 22.8 Å². The van der Waals surface area contributed by atoms with E-state index in [1.807, 2.05) is 37.6 Å². The summed E-state index contributed by atoms with van der Waals surface area (Å²) >= 11 is 5.88. The SMILES string of the molecule is Cc1cc(C)c(Oc2nc(-c3ccc(Cl)cc3F)ccc2C(=O)NS(=O)(=O)c2cccc(C)n2)c(C)c1. The second kappa shape index (κ2) is 10.3. The molecule has 0 aliphatic carbocycles. The summed E-state index contributed by atoms with van der Waals surface area (Å²) in [6, 6.07) is 15.1. The van der Waals surface area contributed by atoms with Crippen LogP contribution in [-0.4, -0.2) is 24.3 Å². The van der Waals surface area contributed by atoms with Gasteiger partial charge < -0.3 is 4.74 Å². The van der Waals surface area contributed by atoms with Gasteiger partial charge in [0.25, 0.3) is 15.9 Å². The number of halogens is 2. The summed E-state index contributed by atoms with van der Waals surface area (Å²) in [5.74, 6) is -1.33. The molecule has 0 fully saturated rings. The molecule has 37 heavy (non-hydrogen) atoms. The lowest BCUT2D eigenvalue weighted by Crippen LogP contribution is -2.31. The molecule has 2 aromatic heterocycles. The molecule has 1 N–H and O–H groups in total. The van der Waals surface area contributed by atoms with Gasteiger partial charge in [0, 0.05) is 16.3 Å². The highest BCUT2D eigenvalue weighted by atomic mass is 35.5. The number of nitrogens with zero attached hydrogens (tertiary/aromatic N) is 2. The van der Waals surface area contributed by atoms with Crippen molar-refractivity contribution in [1.82, 2.24) is 14.7 Å². The molecule has 2 aromatic carbocycles. The van der Waals surface area contributed by atoms with Gasteiger partial charge in [0.05, 0.1) is 5.69 Å². The number of sulfonamides is 1. The number of hydrogen-bond acceptors (Lipinski definition) is 6. The third-order valence-electron chi connectivity index (χ3n) is 5.48. The van der Waals surface area contributed by atoms with E-state index in [0.29, 0.717) is 11.4 Å². The predicted molar refractivity (Wildman–Crippen MR) is 139 cm³/mol. The van der Waals surface area contributed by atoms with Gasteiger partial charge in [0.1, 0.15) is 17.1 Å². The first-order chi connectivity index (χ1) is 17.4. The first-order valence-corrected chi connectivity index (χ1v) is 13.0. The maximum absolute atomic E-state index is 14.6. The van der Waals surface area contributed by atoms with Crippen molar-refractivity contribution in [3.63, 3.8) is 0 Å². The molecule has 2 heterocycles. The minimum absolute atomic E-state index is 0.134. The van der Waals surface area contributed by atoms with Gasteiger partial charge in [-0.2, -0.15) is 8.42 Å². The number of rotatable bonds is 6. The second-order valence-corrected chi connectivity index (χ2v) is 10.6. The fourth-order valence-electron chi connectivity index (χ4n) is 3.86. The maximum Gasteiger partial charge on any atom is 0.281 e. The summed E-state index contributed by atoms with van der Waals surface area (Å²) in [4.78, 5) is 21.6. The van der Waals surface area contributed by atoms with Crippen molar-refractivity contribution >= 4 is 27.5 Å². The third-order valence-corrected chi connectivity index (χ3v) is 6.95. The van der Waals surface area contributed by atoms with E-state index >= 15 is 0 Å². The summed E-state index contributed by atoms with van der Waals surface area (Å²) < 4.78 is 48.4. The largest absolute Gasteiger partial charge is 0.438 e. The molecule has 4 rings (SSSR count). The van der Waals surface area contributed by atoms with E-state index in [2.05, 4.69) is 9.97 Å². The van der Waals surface area contributed by atoms with Crippen LogP contribution >= 0.6 is 11.6 Å². The third kappa shape index (κ3) is 5.79. The summed E-state index contributed by atoms with van der Waals surface area (Å²) in [6.07, 6.45) is 0. The number of hydrogen-bond donors (Lipinski definition) is 1. The van der Waals surface area contributed by atoms with Gasteiger partial charge in [-0.05, 0) is 81.3 Å². The first-order valence-electron chi connectivity index (χ1n) is 11.2. The zero-order valence-corrected chi connectivity index (χ0v) is 22.0. The number of aromatic nitrogens is 2. The van der Waals surface area contributed by atoms with Crippen molar-refractivity contribution in [3.05, 3.63) is 99.5 Å². The van der Waals surface area contributed by atoms with Gasteiger partial charge >= 0.3 is 0 Å². The lowest BCUT2D eigenvalue weighted by atomic mass is 10.1. The quantitative estimate of drug-likeness (QED) is 0.319. The normalized spacial score (nSPS) is 11.3. The van der Waals surface area contributed by atoms with Crippen LogP contribution in [0.1, 0.15) is 32.7 Å². The van der Waals surface area contributed by atoms with Gasteiger partial charge in [-0.3, -0.25) is 4.79 Å². The molecule has 0 bridgehead atoms. The molecule has 4 aromatic rings. The Morgan fingerprint density at radius 2 is 1.65 bits per heavy atom. The fourth-order valence-corrected chi connectivity index (χ4v) is 5.00. The fraction of sp³-hybridized carbons (Fsp3) is 0.148. The van der Waals surface area contributed by atoms with Crippen LogP contribution < -0.4 is 9.46 Å². The van der Waals surface area contributed by atoms with E-state index in [-0.39, 0.29) is 32.7 Å². The molecule has 0 aliphatic heterocycles. The Labute approximate surface area is 219 Å². The molecule has 0 saturated carbocycles. The molecule has 0 unspecified atom stereocenters. The Kier molecular flexibility index (Phi) is 7.29. The van der Waals surface area contributed by atoms with Crippen molar-refractivity contribution in [2.24, 2.45) is 0 Å². The topological polar surface area (TPSA) is 98.2 Å². The number of amides is 1. The average Bonchev–Trinajstić information content (AvgIpc) is 2.81. The molecule has 0 atom stereocenters. The van der Waals surface area contributed by atoms with Crippen LogP contribution in [0.3, 0.4) is 0 Å². The Hall–Kier alpha value is -3.82. The summed E-state index contributed by atoms with van der Waals surface area (Å²) in [6.45, 7) is 7.25. The Morgan fingerprint density at radius 1 is 0.946 bits per heavy atom. The number of carbonyl (C=O) groups excluding carboxylic acids is 1. The number of benzene rings is 2. The van der Waals surface area contributed by atoms with Crippen molar-refractivity contribution in [2.75, 3.05) is 0 Å². The molecule has 1 amide bonds. The van der Waals surface area contributed by atoms with E-state index < -0.39 is 21.7 Å². The van der Waals surface area contributed by atoms with Crippen LogP contribution in [-0.2, 0) is 10.0 Å². The second-order valence-electron chi connectivity index (χ2n) is 8.56. The molecule has 0 spiro atoms. The molecule has 0 radical (unpaired) electrons. The monoisotopic (exact) mass is 539 g/mol. The zero-order chi connectivity index (χ0) is 26.9. The molecule has 0 aliphatic rings. The van der Waals surface area contributed by atoms with Crippen LogP contribution in [0, 0.1) is 33.5 Å². The zero-order valence-electron chi connectivity index (χ0n) is 20.5. The Balaban J connectivity index is 1.80. The number of ether oxygens (including phenoxy) is 1. The lowest BCUT2D eigenvalue weighted by Gasteiger charge is -2.16. The van der Waals surface area contributed by atoms with Crippen molar-refractivity contribution < 1.29 is 22.3 Å². The van der Waals surface area contributed by atoms with E-state index in [9.17, 15) is 17.6 Å². The average molecular weight is 540 g/mol. The van der Waals surface area contributed by atoms with Gasteiger partial charge in [-0.25, -0.2) is 19.1 Å². The summed E-state index contributed by atoms with van der Waals surface area (Å²) in [5, 5.41) is -0.0871. The van der Waals surface area contributed by atoms with Crippen molar-refractivity contribution in [2.45, 2.75) is 32.7 Å². The van der Waals surface area contributed by atoms with Crippen LogP contribution in [0.2, 0.25) is 5.02 Å². The number of nitrogens with one attached hydrogen (secondary N) is 1. The highest BCUT2D eigenvalue weighted by molar-refractivity contribution is 7.90. The molecule has 0 saturated heterocycles. The molecular weight excluding hydrogens is 517 g/mol. The summed E-state index contributed by atoms with van der Waals surface area (Å²) in [7, 11) is -4.28. The lowest BCUT2D eigenvalue weighted by molar-refractivity contribution is 0.0978. The van der Waals surface area contributed by atoms with Gasteiger partial charge in [0.2, 0.25) is 5.88 Å². The Bertz CT molecular complexity index is 1620. The van der Waals surface area contributed by atoms with E-state index in [1.54, 1.807) is 13.0 Å². The number of aryl methyl sites for hydroxylation is 4. The van der Waals surface area contributed by atoms with E-state index in [4.69, 9.17) is 16.3 Å². The smallest absolute Gasteiger partial charge is 0.281 e. The highest BCUT2D eigenvalue weighted by Crippen LogP contribution is 2.33. The minimum Gasteiger partial charge on any atom is -0.438 e. The van der Waals surface area contributed by atoms with Crippen molar-refractivity contribution in [1.29, 1.82) is 0 Å². The highest BCUT2D eigenvalue weighted by Gasteiger charge is 2.25. The number of pyridine rings is 2. The van der Waals surface area contributed by atoms with E-state index in [1.165, 1.54) is 36.4 Å². The Morgan fingerprint density at radius 3 is 2.30 bits per heavy atom. The van der Waals surface area contributed by atoms with Gasteiger partial charge in [0.15, 0.2) is 5.03 Å². The molecule has 190 valence electrons. The predicted octanol–water partition coefficient (Wildman–Crippen LogP) is 6.08. The van der Waals surface area contributed by atoms with Gasteiger partial charge in [-0.15, -0.1) is 0 Å². The maximum atomic E-state index is 14.6. The molecule has 7 nitrogen and oxygen atoms in total. The number of carbonyl (C=O) groups is 1. The standard InChI is InChI=1S/C27H23ClFN3O4S/c1-15-12-16(2)25(17(3)13-15)36-27-21(10-11-23(31-27)20-9-8-19(28)14-22(20)29)26(33)32-37(34,35)24-7-5-6-18(4)30-24/h5-14H,1-4H3,(H,32,33). The van der Waals surface area contributed by atoms with Crippen LogP contribution in [0.4, 0.5) is 4.39 Å². The summed E-state index contributed by atoms with van der Waals surface area (Å²) in [5.41, 5.74) is 3.20. The van der Waals surface area contributed by atoms with Crippen LogP contribution in [0.25, 0.3) is 11.3 Å². The minimum atomic E-state index is -4.28. The van der Waals surface area contributed by atoms with Crippen molar-refractivity contribution in [3.8, 4) is 22.9 Å². The first kappa shape index (κ1) is 26.2. The van der Waals surface area contributed by atoms with Gasteiger partial charge in [-0.1, -0.05) is 35.4 Å². The molecule has 10 heteroatoms. The molecular formula is C27H23ClFN3O4S. The van der Waals surface area contributed by atoms with Crippen LogP contribution in [0.5, 0.6) is 11.6 Å². The van der Waals surface area contributed by atoms with Crippen LogP contribution in [0.15, 0.2) is 65.7 Å².